The van der Waals surface area contributed by atoms with Crippen molar-refractivity contribution in [3.05, 3.63) is 24.3 Å². The van der Waals surface area contributed by atoms with Gasteiger partial charge in [-0.25, -0.2) is 0 Å². The summed E-state index contributed by atoms with van der Waals surface area (Å²) in [5.41, 5.74) is 0.582. The van der Waals surface area contributed by atoms with E-state index in [9.17, 15) is 14.4 Å². The second-order valence-electron chi connectivity index (χ2n) is 4.96. The van der Waals surface area contributed by atoms with Crippen LogP contribution >= 0.6 is 11.8 Å². The zero-order valence-corrected chi connectivity index (χ0v) is 13.5. The minimum Gasteiger partial charge on any atom is -0.497 e. The summed E-state index contributed by atoms with van der Waals surface area (Å²) in [5.74, 6) is -0.367. The third-order valence-electron chi connectivity index (χ3n) is 3.31. The highest BCUT2D eigenvalue weighted by atomic mass is 32.2. The molecule has 1 aliphatic heterocycles. The predicted molar refractivity (Wildman–Crippen MR) is 84.9 cm³/mol. The van der Waals surface area contributed by atoms with Gasteiger partial charge < -0.3 is 10.1 Å². The largest absolute Gasteiger partial charge is 0.497 e. The molecule has 0 unspecified atom stereocenters. The number of hydrogen-bond donors (Lipinski definition) is 1. The van der Waals surface area contributed by atoms with E-state index < -0.39 is 5.91 Å². The first-order chi connectivity index (χ1) is 10.4. The smallest absolute Gasteiger partial charge is 0.244 e. The standard InChI is InChI=1S/C15H18N2O4S/c1-9-14(19)17(15(20)10(2)22-9)8-13(18)16-11-4-6-12(21-3)7-5-11/h4-7,9-10H,8H2,1-3H3,(H,16,18)/t9-,10+. The lowest BCUT2D eigenvalue weighted by molar-refractivity contribution is -0.147. The average Bonchev–Trinajstić information content (AvgIpc) is 2.50. The normalized spacial score (nSPS) is 21.7. The summed E-state index contributed by atoms with van der Waals surface area (Å²) in [4.78, 5) is 37.2. The monoisotopic (exact) mass is 322 g/mol. The maximum atomic E-state index is 12.0. The number of benzene rings is 1. The minimum atomic E-state index is -0.404. The molecular formula is C15H18N2O4S. The zero-order chi connectivity index (χ0) is 16.3. The first-order valence-electron chi connectivity index (χ1n) is 6.87. The van der Waals surface area contributed by atoms with Gasteiger partial charge in [0, 0.05) is 5.69 Å². The Hall–Kier alpha value is -2.02. The molecular weight excluding hydrogens is 304 g/mol. The fourth-order valence-electron chi connectivity index (χ4n) is 2.14. The van der Waals surface area contributed by atoms with Crippen molar-refractivity contribution in [2.75, 3.05) is 19.0 Å². The van der Waals surface area contributed by atoms with Crippen molar-refractivity contribution in [1.29, 1.82) is 0 Å². The van der Waals surface area contributed by atoms with Gasteiger partial charge in [0.1, 0.15) is 12.3 Å². The van der Waals surface area contributed by atoms with Crippen molar-refractivity contribution in [2.45, 2.75) is 24.3 Å². The Kier molecular flexibility index (Phi) is 5.07. The molecule has 0 aromatic heterocycles. The molecule has 1 aliphatic rings. The number of thioether (sulfide) groups is 1. The fourth-order valence-corrected chi connectivity index (χ4v) is 3.24. The molecule has 0 saturated carbocycles. The number of ether oxygens (including phenoxy) is 1. The summed E-state index contributed by atoms with van der Waals surface area (Å²) >= 11 is 1.31. The van der Waals surface area contributed by atoms with Crippen molar-refractivity contribution in [2.24, 2.45) is 0 Å². The lowest BCUT2D eigenvalue weighted by Gasteiger charge is -2.31. The van der Waals surface area contributed by atoms with Gasteiger partial charge in [0.25, 0.3) is 0 Å². The van der Waals surface area contributed by atoms with Gasteiger partial charge in [0.05, 0.1) is 17.6 Å². The number of carbonyl (C=O) groups is 3. The van der Waals surface area contributed by atoms with Gasteiger partial charge in [-0.05, 0) is 38.1 Å². The second kappa shape index (κ2) is 6.83. The highest BCUT2D eigenvalue weighted by Crippen LogP contribution is 2.26. The molecule has 0 spiro atoms. The molecule has 0 bridgehead atoms. The summed E-state index contributed by atoms with van der Waals surface area (Å²) in [6.45, 7) is 3.22. The Morgan fingerprint density at radius 3 is 2.23 bits per heavy atom. The number of nitrogens with one attached hydrogen (secondary N) is 1. The fraction of sp³-hybridized carbons (Fsp3) is 0.400. The first kappa shape index (κ1) is 16.4. The van der Waals surface area contributed by atoms with Gasteiger partial charge in [-0.3, -0.25) is 19.3 Å². The van der Waals surface area contributed by atoms with Crippen LogP contribution in [0.2, 0.25) is 0 Å². The lowest BCUT2D eigenvalue weighted by Crippen LogP contribution is -2.52. The molecule has 22 heavy (non-hydrogen) atoms. The van der Waals surface area contributed by atoms with Gasteiger partial charge in [-0.2, -0.15) is 0 Å². The van der Waals surface area contributed by atoms with Gasteiger partial charge >= 0.3 is 0 Å². The van der Waals surface area contributed by atoms with Crippen LogP contribution < -0.4 is 10.1 Å². The number of anilines is 1. The van der Waals surface area contributed by atoms with E-state index in [1.807, 2.05) is 0 Å². The van der Waals surface area contributed by atoms with Gasteiger partial charge in [-0.1, -0.05) is 0 Å². The van der Waals surface area contributed by atoms with E-state index in [1.54, 1.807) is 45.2 Å². The highest BCUT2D eigenvalue weighted by Gasteiger charge is 2.37. The van der Waals surface area contributed by atoms with Crippen LogP contribution in [0.5, 0.6) is 5.75 Å². The van der Waals surface area contributed by atoms with Gasteiger partial charge in [0.15, 0.2) is 0 Å². The molecule has 1 aromatic carbocycles. The lowest BCUT2D eigenvalue weighted by atomic mass is 10.2. The first-order valence-corrected chi connectivity index (χ1v) is 7.81. The van der Waals surface area contributed by atoms with Crippen molar-refractivity contribution in [3.63, 3.8) is 0 Å². The Bertz CT molecular complexity index is 568. The highest BCUT2D eigenvalue weighted by molar-refractivity contribution is 8.02. The molecule has 0 aliphatic carbocycles. The molecule has 1 heterocycles. The third kappa shape index (κ3) is 3.59. The van der Waals surface area contributed by atoms with Crippen molar-refractivity contribution in [3.8, 4) is 5.75 Å². The molecule has 3 amide bonds. The quantitative estimate of drug-likeness (QED) is 0.851. The number of amides is 3. The topological polar surface area (TPSA) is 75.7 Å². The molecule has 1 aromatic rings. The average molecular weight is 322 g/mol. The zero-order valence-electron chi connectivity index (χ0n) is 12.7. The van der Waals surface area contributed by atoms with E-state index >= 15 is 0 Å². The molecule has 118 valence electrons. The van der Waals surface area contributed by atoms with Crippen LogP contribution in [0.4, 0.5) is 5.69 Å². The molecule has 2 rings (SSSR count). The summed E-state index contributed by atoms with van der Waals surface area (Å²) in [6, 6.07) is 6.82. The number of carbonyl (C=O) groups excluding carboxylic acids is 3. The maximum absolute atomic E-state index is 12.0. The van der Waals surface area contributed by atoms with E-state index in [-0.39, 0.29) is 28.9 Å². The summed E-state index contributed by atoms with van der Waals surface area (Å²) < 4.78 is 5.03. The minimum absolute atomic E-state index is 0.265. The van der Waals surface area contributed by atoms with Crippen molar-refractivity contribution >= 4 is 35.2 Å². The molecule has 6 nitrogen and oxygen atoms in total. The summed E-state index contributed by atoms with van der Waals surface area (Å²) in [7, 11) is 1.56. The van der Waals surface area contributed by atoms with E-state index in [0.717, 1.165) is 4.90 Å². The van der Waals surface area contributed by atoms with E-state index in [4.69, 9.17) is 4.74 Å². The molecule has 1 fully saturated rings. The van der Waals surface area contributed by atoms with Crippen LogP contribution in [0.25, 0.3) is 0 Å². The number of imide groups is 1. The number of hydrogen-bond acceptors (Lipinski definition) is 5. The molecule has 1 N–H and O–H groups in total. The van der Waals surface area contributed by atoms with Crippen LogP contribution in [-0.2, 0) is 14.4 Å². The third-order valence-corrected chi connectivity index (χ3v) is 4.53. The predicted octanol–water partition coefficient (Wildman–Crippen LogP) is 1.51. The Balaban J connectivity index is 2.00. The van der Waals surface area contributed by atoms with Crippen LogP contribution in [0.15, 0.2) is 24.3 Å². The Morgan fingerprint density at radius 1 is 1.18 bits per heavy atom. The van der Waals surface area contributed by atoms with E-state index in [0.29, 0.717) is 11.4 Å². The summed E-state index contributed by atoms with van der Waals surface area (Å²) in [6.07, 6.45) is 0. The van der Waals surface area contributed by atoms with E-state index in [1.165, 1.54) is 11.8 Å². The molecule has 7 heteroatoms. The van der Waals surface area contributed by atoms with Crippen LogP contribution in [-0.4, -0.2) is 46.8 Å². The Labute approximate surface area is 133 Å². The number of rotatable bonds is 4. The van der Waals surface area contributed by atoms with Gasteiger partial charge in [-0.15, -0.1) is 11.8 Å². The molecule has 2 atom stereocenters. The number of methoxy groups -OCH3 is 1. The van der Waals surface area contributed by atoms with Crippen LogP contribution in [0.3, 0.4) is 0 Å². The van der Waals surface area contributed by atoms with Crippen LogP contribution in [0, 0.1) is 0 Å². The SMILES string of the molecule is COc1ccc(NC(=O)CN2C(=O)[C@H](C)S[C@H](C)C2=O)cc1. The molecule has 0 radical (unpaired) electrons. The Morgan fingerprint density at radius 2 is 1.73 bits per heavy atom. The van der Waals surface area contributed by atoms with E-state index in [2.05, 4.69) is 5.32 Å². The summed E-state index contributed by atoms with van der Waals surface area (Å²) in [5, 5.41) is 2.03. The maximum Gasteiger partial charge on any atom is 0.244 e. The molecule has 1 saturated heterocycles. The van der Waals surface area contributed by atoms with Crippen molar-refractivity contribution < 1.29 is 19.1 Å². The van der Waals surface area contributed by atoms with Gasteiger partial charge in [0.2, 0.25) is 17.7 Å². The number of nitrogens with zero attached hydrogens (tertiary/aromatic N) is 1. The van der Waals surface area contributed by atoms with Crippen molar-refractivity contribution in [1.82, 2.24) is 4.90 Å². The van der Waals surface area contributed by atoms with Crippen LogP contribution in [0.1, 0.15) is 13.8 Å². The second-order valence-corrected chi connectivity index (χ2v) is 6.65.